The van der Waals surface area contributed by atoms with Gasteiger partial charge in [-0.3, -0.25) is 0 Å². The first-order valence-electron chi connectivity index (χ1n) is 9.48. The molecule has 0 aromatic heterocycles. The molecule has 0 spiro atoms. The highest BCUT2D eigenvalue weighted by Crippen LogP contribution is 2.41. The molecule has 15 heteroatoms. The summed E-state index contributed by atoms with van der Waals surface area (Å²) in [5, 5.41) is 9.23. The molecule has 1 aromatic carbocycles. The highest BCUT2D eigenvalue weighted by Gasteiger charge is 2.49. The van der Waals surface area contributed by atoms with Crippen LogP contribution in [0.15, 0.2) is 11.6 Å². The molecule has 0 fully saturated rings. The number of carbonyl (C=O) groups is 2. The fourth-order valence-corrected chi connectivity index (χ4v) is 2.91. The predicted molar refractivity (Wildman–Crippen MR) is 107 cm³/mol. The number of alkyl halides is 3. The number of halogens is 4. The molecular formula is C19H19ClF3NO10. The van der Waals surface area contributed by atoms with Crippen molar-refractivity contribution in [3.05, 3.63) is 43.5 Å². The lowest BCUT2D eigenvalue weighted by Crippen LogP contribution is -2.41. The number of benzene rings is 1. The normalized spacial score (nSPS) is 14.9. The van der Waals surface area contributed by atoms with Crippen molar-refractivity contribution in [1.82, 2.24) is 0 Å². The molecule has 1 aliphatic rings. The van der Waals surface area contributed by atoms with Crippen molar-refractivity contribution in [3.8, 4) is 5.75 Å². The summed E-state index contributed by atoms with van der Waals surface area (Å²) in [4.78, 5) is 37.7. The molecule has 1 aromatic rings. The van der Waals surface area contributed by atoms with Gasteiger partial charge in [-0.15, -0.1) is 10.1 Å². The second-order valence-electron chi connectivity index (χ2n) is 6.65. The van der Waals surface area contributed by atoms with E-state index in [1.54, 1.807) is 13.8 Å². The average molecular weight is 514 g/mol. The molecule has 1 atom stereocenters. The Morgan fingerprint density at radius 3 is 2.47 bits per heavy atom. The molecule has 1 unspecified atom stereocenters. The van der Waals surface area contributed by atoms with Crippen LogP contribution in [0.3, 0.4) is 0 Å². The molecule has 0 amide bonds. The predicted octanol–water partition coefficient (Wildman–Crippen LogP) is 3.54. The van der Waals surface area contributed by atoms with Gasteiger partial charge in [-0.25, -0.2) is 9.59 Å². The Balaban J connectivity index is 1.90. The van der Waals surface area contributed by atoms with Crippen molar-refractivity contribution < 1.29 is 56.4 Å². The topological polar surface area (TPSA) is 133 Å². The van der Waals surface area contributed by atoms with E-state index in [0.717, 1.165) is 6.08 Å². The summed E-state index contributed by atoms with van der Waals surface area (Å²) in [6.45, 7) is 1.22. The molecular weight excluding hydrogens is 495 g/mol. The van der Waals surface area contributed by atoms with Crippen molar-refractivity contribution >= 4 is 29.8 Å². The maximum absolute atomic E-state index is 13.5. The third-order valence-corrected chi connectivity index (χ3v) is 4.87. The van der Waals surface area contributed by atoms with Gasteiger partial charge in [0, 0.05) is 10.6 Å². The first kappa shape index (κ1) is 27.0. The number of esters is 1. The summed E-state index contributed by atoms with van der Waals surface area (Å²) in [6, 6.07) is 1.33. The monoisotopic (exact) mass is 513 g/mol. The lowest BCUT2D eigenvalue weighted by atomic mass is 9.96. The van der Waals surface area contributed by atoms with Gasteiger partial charge < -0.3 is 28.5 Å². The zero-order valence-corrected chi connectivity index (χ0v) is 18.6. The minimum absolute atomic E-state index is 0.0923. The number of hydrogen-bond donors (Lipinski definition) is 0. The minimum atomic E-state index is -4.94. The molecule has 1 heterocycles. The zero-order valence-electron chi connectivity index (χ0n) is 17.8. The number of ether oxygens (including phenoxy) is 5. The van der Waals surface area contributed by atoms with Crippen molar-refractivity contribution in [2.24, 2.45) is 0 Å². The van der Waals surface area contributed by atoms with Crippen LogP contribution < -0.4 is 4.74 Å². The second kappa shape index (κ2) is 11.7. The Morgan fingerprint density at radius 1 is 1.15 bits per heavy atom. The number of rotatable bonds is 10. The van der Waals surface area contributed by atoms with Crippen LogP contribution in [0.1, 0.15) is 16.7 Å². The Morgan fingerprint density at radius 2 is 1.82 bits per heavy atom. The molecule has 0 radical (unpaired) electrons. The van der Waals surface area contributed by atoms with Crippen LogP contribution in [-0.4, -0.2) is 62.7 Å². The number of nitrogens with zero attached hydrogens (tertiary/aromatic N) is 1. The van der Waals surface area contributed by atoms with Crippen molar-refractivity contribution in [2.45, 2.75) is 26.1 Å². The molecule has 0 saturated carbocycles. The van der Waals surface area contributed by atoms with Gasteiger partial charge in [-0.1, -0.05) is 11.6 Å². The number of hydrogen-bond acceptors (Lipinski definition) is 10. The highest BCUT2D eigenvalue weighted by molar-refractivity contribution is 6.32. The Hall–Kier alpha value is -3.26. The fraction of sp³-hybridized carbons (Fsp3) is 0.474. The van der Waals surface area contributed by atoms with Gasteiger partial charge in [0.15, 0.2) is 0 Å². The van der Waals surface area contributed by atoms with Crippen molar-refractivity contribution in [1.29, 1.82) is 0 Å². The van der Waals surface area contributed by atoms with Gasteiger partial charge in [0.25, 0.3) is 5.09 Å². The van der Waals surface area contributed by atoms with Crippen LogP contribution in [0.2, 0.25) is 5.02 Å². The summed E-state index contributed by atoms with van der Waals surface area (Å²) < 4.78 is 64.1. The van der Waals surface area contributed by atoms with Gasteiger partial charge in [-0.05, 0) is 37.1 Å². The van der Waals surface area contributed by atoms with E-state index < -0.39 is 41.9 Å². The van der Waals surface area contributed by atoms with E-state index in [9.17, 15) is 32.9 Å². The van der Waals surface area contributed by atoms with Crippen LogP contribution in [-0.2, 0) is 28.6 Å². The first-order chi connectivity index (χ1) is 15.9. The Labute approximate surface area is 195 Å². The van der Waals surface area contributed by atoms with Gasteiger partial charge in [-0.2, -0.15) is 13.2 Å². The second-order valence-corrected chi connectivity index (χ2v) is 7.02. The molecule has 1 aliphatic heterocycles. The van der Waals surface area contributed by atoms with Crippen LogP contribution in [0, 0.1) is 24.0 Å². The van der Waals surface area contributed by atoms with E-state index >= 15 is 0 Å². The minimum Gasteiger partial charge on any atom is -0.475 e. The molecule has 11 nitrogen and oxygen atoms in total. The van der Waals surface area contributed by atoms with Crippen LogP contribution in [0.4, 0.5) is 18.0 Å². The van der Waals surface area contributed by atoms with E-state index in [-0.39, 0.29) is 37.7 Å². The number of fused-ring (bicyclic) bond motifs is 1. The van der Waals surface area contributed by atoms with E-state index in [2.05, 4.69) is 19.0 Å². The summed E-state index contributed by atoms with van der Waals surface area (Å²) in [5.74, 6) is -1.52. The Kier molecular flexibility index (Phi) is 9.32. The molecule has 0 bridgehead atoms. The number of aryl methyl sites for hydroxylation is 1. The zero-order chi connectivity index (χ0) is 25.5. The first-order valence-corrected chi connectivity index (χ1v) is 9.86. The summed E-state index contributed by atoms with van der Waals surface area (Å²) in [6.07, 6.45) is -7.86. The van der Waals surface area contributed by atoms with Crippen LogP contribution in [0.25, 0.3) is 6.08 Å². The summed E-state index contributed by atoms with van der Waals surface area (Å²) in [7, 11) is 0. The standard InChI is InChI=1S/C19H19ClF3NO10/c1-10-7-14-12(11(2)15(10)20)8-13(16(34-14)19(21,22)23)17(25)31-9-32-18(26)30-5-3-29-4-6-33-24(27)28/h7-8,16H,3-6,9H2,1-2H3. The van der Waals surface area contributed by atoms with Gasteiger partial charge >= 0.3 is 18.3 Å². The van der Waals surface area contributed by atoms with E-state index in [1.807, 2.05) is 0 Å². The molecule has 188 valence electrons. The molecule has 0 N–H and O–H groups in total. The Bertz CT molecular complexity index is 967. The van der Waals surface area contributed by atoms with Crippen molar-refractivity contribution in [2.75, 3.05) is 33.2 Å². The van der Waals surface area contributed by atoms with E-state index in [0.29, 0.717) is 16.1 Å². The van der Waals surface area contributed by atoms with Crippen molar-refractivity contribution in [3.63, 3.8) is 0 Å². The van der Waals surface area contributed by atoms with Gasteiger partial charge in [0.1, 0.15) is 19.0 Å². The summed E-state index contributed by atoms with van der Waals surface area (Å²) >= 11 is 6.14. The van der Waals surface area contributed by atoms with Crippen LogP contribution in [0.5, 0.6) is 5.75 Å². The maximum Gasteiger partial charge on any atom is 0.511 e. The quantitative estimate of drug-likeness (QED) is 0.150. The smallest absolute Gasteiger partial charge is 0.475 e. The lowest BCUT2D eigenvalue weighted by Gasteiger charge is -2.29. The third kappa shape index (κ3) is 7.38. The highest BCUT2D eigenvalue weighted by atomic mass is 35.5. The van der Waals surface area contributed by atoms with E-state index in [4.69, 9.17) is 21.1 Å². The molecule has 0 aliphatic carbocycles. The third-order valence-electron chi connectivity index (χ3n) is 4.29. The van der Waals surface area contributed by atoms with E-state index in [1.165, 1.54) is 6.07 Å². The van der Waals surface area contributed by atoms with Crippen LogP contribution >= 0.6 is 11.6 Å². The average Bonchev–Trinajstić information content (AvgIpc) is 2.75. The summed E-state index contributed by atoms with van der Waals surface area (Å²) in [5.41, 5.74) is 0.243. The number of carbonyl (C=O) groups excluding carboxylic acids is 2. The lowest BCUT2D eigenvalue weighted by molar-refractivity contribution is -0.758. The van der Waals surface area contributed by atoms with Gasteiger partial charge in [0.05, 0.1) is 18.8 Å². The fourth-order valence-electron chi connectivity index (χ4n) is 2.76. The molecule has 2 rings (SSSR count). The SMILES string of the molecule is Cc1cc2c(c(C)c1Cl)C=C(C(=O)OCOC(=O)OCCOCCO[N+](=O)[O-])C(C(F)(F)F)O2. The molecule has 0 saturated heterocycles. The largest absolute Gasteiger partial charge is 0.511 e. The maximum atomic E-state index is 13.5. The van der Waals surface area contributed by atoms with Gasteiger partial charge in [0.2, 0.25) is 12.9 Å². The molecule has 34 heavy (non-hydrogen) atoms.